The van der Waals surface area contributed by atoms with Crippen molar-refractivity contribution in [2.24, 2.45) is 5.92 Å². The van der Waals surface area contributed by atoms with E-state index < -0.39 is 5.82 Å². The number of nitrogens with one attached hydrogen (secondary N) is 2. The van der Waals surface area contributed by atoms with E-state index in [2.05, 4.69) is 20.7 Å². The SMILES string of the molecule is Cc1c(C(=O)Nc2ccc(F)c(NC(=O)C3CCCCC3)c2)cnn1-c1ccccn1. The van der Waals surface area contributed by atoms with E-state index in [4.69, 9.17) is 0 Å². The Hall–Kier alpha value is -3.55. The summed E-state index contributed by atoms with van der Waals surface area (Å²) >= 11 is 0. The molecule has 1 saturated carbocycles. The molecule has 0 aliphatic heterocycles. The van der Waals surface area contributed by atoms with E-state index in [1.165, 1.54) is 24.4 Å². The van der Waals surface area contributed by atoms with Crippen molar-refractivity contribution >= 4 is 23.2 Å². The van der Waals surface area contributed by atoms with Gasteiger partial charge in [0.25, 0.3) is 5.91 Å². The van der Waals surface area contributed by atoms with Crippen LogP contribution in [0.15, 0.2) is 48.8 Å². The molecule has 1 aromatic carbocycles. The van der Waals surface area contributed by atoms with Crippen LogP contribution < -0.4 is 10.6 Å². The van der Waals surface area contributed by atoms with E-state index in [9.17, 15) is 14.0 Å². The quantitative estimate of drug-likeness (QED) is 0.635. The summed E-state index contributed by atoms with van der Waals surface area (Å²) in [6.07, 6.45) is 7.93. The van der Waals surface area contributed by atoms with Crippen molar-refractivity contribution in [3.8, 4) is 5.82 Å². The predicted octanol–water partition coefficient (Wildman–Crippen LogP) is 4.49. The lowest BCUT2D eigenvalue weighted by Crippen LogP contribution is -2.25. The second kappa shape index (κ2) is 9.07. The molecule has 2 aromatic heterocycles. The van der Waals surface area contributed by atoms with Gasteiger partial charge in [-0.25, -0.2) is 14.1 Å². The summed E-state index contributed by atoms with van der Waals surface area (Å²) in [4.78, 5) is 29.5. The minimum atomic E-state index is -0.540. The van der Waals surface area contributed by atoms with Gasteiger partial charge in [-0.05, 0) is 50.1 Å². The molecule has 1 aliphatic carbocycles. The minimum absolute atomic E-state index is 0.0641. The summed E-state index contributed by atoms with van der Waals surface area (Å²) in [7, 11) is 0. The Morgan fingerprint density at radius 3 is 2.65 bits per heavy atom. The summed E-state index contributed by atoms with van der Waals surface area (Å²) in [5, 5.41) is 9.68. The number of aromatic nitrogens is 3. The summed E-state index contributed by atoms with van der Waals surface area (Å²) in [6, 6.07) is 9.56. The van der Waals surface area contributed by atoms with Gasteiger partial charge < -0.3 is 10.6 Å². The highest BCUT2D eigenvalue weighted by molar-refractivity contribution is 6.05. The Morgan fingerprint density at radius 2 is 1.90 bits per heavy atom. The Bertz CT molecular complexity index is 1090. The fraction of sp³-hybridized carbons (Fsp3) is 0.304. The Morgan fingerprint density at radius 1 is 1.10 bits per heavy atom. The molecule has 31 heavy (non-hydrogen) atoms. The summed E-state index contributed by atoms with van der Waals surface area (Å²) in [5.74, 6) is -0.577. The first-order valence-corrected chi connectivity index (χ1v) is 10.4. The van der Waals surface area contributed by atoms with Gasteiger partial charge in [0.15, 0.2) is 5.82 Å². The molecule has 4 rings (SSSR count). The number of halogens is 1. The van der Waals surface area contributed by atoms with Gasteiger partial charge in [-0.1, -0.05) is 25.3 Å². The van der Waals surface area contributed by atoms with E-state index in [1.54, 1.807) is 29.9 Å². The number of rotatable bonds is 5. The van der Waals surface area contributed by atoms with Crippen LogP contribution in [-0.4, -0.2) is 26.6 Å². The number of pyridine rings is 1. The summed E-state index contributed by atoms with van der Waals surface area (Å²) in [6.45, 7) is 1.77. The number of carbonyl (C=O) groups is 2. The molecular formula is C23H24FN5O2. The molecule has 8 heteroatoms. The average molecular weight is 421 g/mol. The maximum Gasteiger partial charge on any atom is 0.259 e. The van der Waals surface area contributed by atoms with Crippen molar-refractivity contribution in [1.82, 2.24) is 14.8 Å². The standard InChI is InChI=1S/C23H24FN5O2/c1-15-18(14-26-29(15)21-9-5-6-12-25-21)23(31)27-17-10-11-19(24)20(13-17)28-22(30)16-7-3-2-4-8-16/h5-6,9-14,16H,2-4,7-8H2,1H3,(H,27,31)(H,28,30). The smallest absolute Gasteiger partial charge is 0.259 e. The Balaban J connectivity index is 1.48. The first kappa shape index (κ1) is 20.7. The topological polar surface area (TPSA) is 88.9 Å². The zero-order valence-corrected chi connectivity index (χ0v) is 17.3. The van der Waals surface area contributed by atoms with Gasteiger partial charge in [-0.2, -0.15) is 5.10 Å². The molecule has 2 heterocycles. The van der Waals surface area contributed by atoms with Crippen molar-refractivity contribution in [2.75, 3.05) is 10.6 Å². The van der Waals surface area contributed by atoms with E-state index in [0.717, 1.165) is 32.1 Å². The molecule has 160 valence electrons. The molecule has 0 unspecified atom stereocenters. The fourth-order valence-electron chi connectivity index (χ4n) is 3.84. The number of hydrogen-bond acceptors (Lipinski definition) is 4. The lowest BCUT2D eigenvalue weighted by atomic mass is 9.88. The van der Waals surface area contributed by atoms with Gasteiger partial charge >= 0.3 is 0 Å². The molecule has 0 spiro atoms. The van der Waals surface area contributed by atoms with Crippen molar-refractivity contribution in [3.63, 3.8) is 0 Å². The van der Waals surface area contributed by atoms with Crippen LogP contribution in [0.2, 0.25) is 0 Å². The first-order valence-electron chi connectivity index (χ1n) is 10.4. The van der Waals surface area contributed by atoms with Crippen molar-refractivity contribution in [2.45, 2.75) is 39.0 Å². The van der Waals surface area contributed by atoms with Crippen LogP contribution in [0.1, 0.15) is 48.2 Å². The van der Waals surface area contributed by atoms with Gasteiger partial charge in [-0.3, -0.25) is 9.59 Å². The Labute approximate surface area is 179 Å². The molecule has 3 aromatic rings. The predicted molar refractivity (Wildman–Crippen MR) is 116 cm³/mol. The van der Waals surface area contributed by atoms with E-state index in [1.807, 2.05) is 6.07 Å². The number of anilines is 2. The van der Waals surface area contributed by atoms with Gasteiger partial charge in [0, 0.05) is 17.8 Å². The van der Waals surface area contributed by atoms with Crippen molar-refractivity contribution in [1.29, 1.82) is 0 Å². The van der Waals surface area contributed by atoms with Crippen molar-refractivity contribution in [3.05, 3.63) is 65.9 Å². The molecule has 2 amide bonds. The third-order valence-corrected chi connectivity index (χ3v) is 5.58. The second-order valence-corrected chi connectivity index (χ2v) is 7.72. The molecule has 0 bridgehead atoms. The fourth-order valence-corrected chi connectivity index (χ4v) is 3.84. The lowest BCUT2D eigenvalue weighted by Gasteiger charge is -2.21. The average Bonchev–Trinajstić information content (AvgIpc) is 3.18. The zero-order chi connectivity index (χ0) is 21.8. The van der Waals surface area contributed by atoms with Gasteiger partial charge in [0.2, 0.25) is 5.91 Å². The second-order valence-electron chi connectivity index (χ2n) is 7.72. The molecule has 0 radical (unpaired) electrons. The van der Waals surface area contributed by atoms with Crippen molar-refractivity contribution < 1.29 is 14.0 Å². The van der Waals surface area contributed by atoms with E-state index in [0.29, 0.717) is 22.8 Å². The number of carbonyl (C=O) groups excluding carboxylic acids is 2. The van der Waals surface area contributed by atoms with E-state index in [-0.39, 0.29) is 23.4 Å². The van der Waals surface area contributed by atoms with Gasteiger partial charge in [-0.15, -0.1) is 0 Å². The normalized spacial score (nSPS) is 14.3. The first-order chi connectivity index (χ1) is 15.0. The molecular weight excluding hydrogens is 397 g/mol. The number of amides is 2. The highest BCUT2D eigenvalue weighted by atomic mass is 19.1. The highest BCUT2D eigenvalue weighted by Crippen LogP contribution is 2.27. The third kappa shape index (κ3) is 4.63. The summed E-state index contributed by atoms with van der Waals surface area (Å²) < 4.78 is 15.8. The highest BCUT2D eigenvalue weighted by Gasteiger charge is 2.22. The lowest BCUT2D eigenvalue weighted by molar-refractivity contribution is -0.120. The van der Waals surface area contributed by atoms with Gasteiger partial charge in [0.05, 0.1) is 23.1 Å². The molecule has 0 saturated heterocycles. The largest absolute Gasteiger partial charge is 0.323 e. The number of nitrogens with zero attached hydrogens (tertiary/aromatic N) is 3. The Kier molecular flexibility index (Phi) is 6.06. The molecule has 7 nitrogen and oxygen atoms in total. The number of benzene rings is 1. The summed E-state index contributed by atoms with van der Waals surface area (Å²) in [5.41, 5.74) is 1.46. The van der Waals surface area contributed by atoms with Crippen LogP contribution in [0, 0.1) is 18.7 Å². The molecule has 2 N–H and O–H groups in total. The van der Waals surface area contributed by atoms with Crippen LogP contribution in [0.5, 0.6) is 0 Å². The van der Waals surface area contributed by atoms with Gasteiger partial charge in [0.1, 0.15) is 5.82 Å². The number of hydrogen-bond donors (Lipinski definition) is 2. The minimum Gasteiger partial charge on any atom is -0.323 e. The molecule has 1 aliphatic rings. The van der Waals surface area contributed by atoms with Crippen LogP contribution in [0.25, 0.3) is 5.82 Å². The van der Waals surface area contributed by atoms with Crippen LogP contribution in [0.4, 0.5) is 15.8 Å². The van der Waals surface area contributed by atoms with Crippen LogP contribution in [0.3, 0.4) is 0 Å². The van der Waals surface area contributed by atoms with E-state index >= 15 is 0 Å². The zero-order valence-electron chi connectivity index (χ0n) is 17.3. The third-order valence-electron chi connectivity index (χ3n) is 5.58. The maximum atomic E-state index is 14.3. The maximum absolute atomic E-state index is 14.3. The van der Waals surface area contributed by atoms with Crippen LogP contribution >= 0.6 is 0 Å². The monoisotopic (exact) mass is 421 g/mol. The molecule has 0 atom stereocenters. The molecule has 1 fully saturated rings. The van der Waals surface area contributed by atoms with Crippen LogP contribution in [-0.2, 0) is 4.79 Å².